The highest BCUT2D eigenvalue weighted by Crippen LogP contribution is 2.68. The second kappa shape index (κ2) is 10.8. The lowest BCUT2D eigenvalue weighted by molar-refractivity contribution is -0.154. The summed E-state index contributed by atoms with van der Waals surface area (Å²) in [5.74, 6) is -1.57. The van der Waals surface area contributed by atoms with Crippen molar-refractivity contribution in [2.75, 3.05) is 31.8 Å². The first kappa shape index (κ1) is 27.0. The standard InChI is InChI=1S/C26H33BrN2O6S/c1-5-12-28(16-8-10-17(34-4)11-9-16)24(32)22-26-13-18(27)21(36-26)19(25(33)35-7-3)20(26)23(31)29(22)15(6-2)14-30/h5,8-11,15,18-22,30H,1,6-7,12-14H2,2-4H3/t15-,18?,19+,20-,21+,22?,26?/m0/s1. The van der Waals surface area contributed by atoms with E-state index in [1.165, 1.54) is 0 Å². The summed E-state index contributed by atoms with van der Waals surface area (Å²) in [6.07, 6.45) is 2.69. The summed E-state index contributed by atoms with van der Waals surface area (Å²) in [7, 11) is 1.58. The van der Waals surface area contributed by atoms with Gasteiger partial charge in [-0.1, -0.05) is 28.9 Å². The number of methoxy groups -OCH3 is 1. The normalized spacial score (nSPS) is 31.2. The topological polar surface area (TPSA) is 96.4 Å². The first-order chi connectivity index (χ1) is 17.3. The summed E-state index contributed by atoms with van der Waals surface area (Å²) in [6, 6.07) is 5.77. The van der Waals surface area contributed by atoms with Crippen molar-refractivity contribution in [3.05, 3.63) is 36.9 Å². The molecule has 1 aromatic carbocycles. The number of anilines is 1. The fourth-order valence-electron chi connectivity index (χ4n) is 6.02. The minimum Gasteiger partial charge on any atom is -0.497 e. The number of halogens is 1. The predicted octanol–water partition coefficient (Wildman–Crippen LogP) is 3.01. The zero-order chi connectivity index (χ0) is 26.2. The monoisotopic (exact) mass is 580 g/mol. The molecule has 1 spiro atoms. The Labute approximate surface area is 224 Å². The number of carbonyl (C=O) groups is 3. The molecule has 3 unspecified atom stereocenters. The minimum absolute atomic E-state index is 0.0424. The molecule has 3 heterocycles. The van der Waals surface area contributed by atoms with Crippen LogP contribution >= 0.6 is 27.7 Å². The third-order valence-electron chi connectivity index (χ3n) is 7.56. The summed E-state index contributed by atoms with van der Waals surface area (Å²) in [5, 5.41) is 10.0. The molecular formula is C26H33BrN2O6S. The van der Waals surface area contributed by atoms with Gasteiger partial charge in [0.25, 0.3) is 5.91 Å². The van der Waals surface area contributed by atoms with Gasteiger partial charge in [-0.3, -0.25) is 14.4 Å². The number of benzene rings is 1. The van der Waals surface area contributed by atoms with Crippen molar-refractivity contribution in [1.29, 1.82) is 0 Å². The van der Waals surface area contributed by atoms with Crippen molar-refractivity contribution in [2.24, 2.45) is 11.8 Å². The number of alkyl halides is 1. The lowest BCUT2D eigenvalue weighted by atomic mass is 9.71. The van der Waals surface area contributed by atoms with Crippen molar-refractivity contribution in [1.82, 2.24) is 4.90 Å². The van der Waals surface area contributed by atoms with Crippen LogP contribution in [0.1, 0.15) is 26.7 Å². The lowest BCUT2D eigenvalue weighted by Gasteiger charge is -2.39. The molecule has 0 aliphatic carbocycles. The van der Waals surface area contributed by atoms with Gasteiger partial charge >= 0.3 is 5.97 Å². The third-order valence-corrected chi connectivity index (χ3v) is 10.8. The zero-order valence-corrected chi connectivity index (χ0v) is 23.2. The molecule has 0 radical (unpaired) electrons. The van der Waals surface area contributed by atoms with Gasteiger partial charge in [0.15, 0.2) is 0 Å². The number of hydrogen-bond donors (Lipinski definition) is 1. The summed E-state index contributed by atoms with van der Waals surface area (Å²) in [6.45, 7) is 7.66. The van der Waals surface area contributed by atoms with Gasteiger partial charge in [-0.25, -0.2) is 0 Å². The number of aliphatic hydroxyl groups excluding tert-OH is 1. The quantitative estimate of drug-likeness (QED) is 0.258. The maximum Gasteiger partial charge on any atom is 0.310 e. The second-order valence-corrected chi connectivity index (χ2v) is 12.1. The van der Waals surface area contributed by atoms with Crippen LogP contribution in [0.3, 0.4) is 0 Å². The minimum atomic E-state index is -0.844. The Hall–Kier alpha value is -2.04. The van der Waals surface area contributed by atoms with Gasteiger partial charge in [-0.05, 0) is 44.0 Å². The summed E-state index contributed by atoms with van der Waals surface area (Å²) < 4.78 is 9.85. The fourth-order valence-corrected chi connectivity index (χ4v) is 9.60. The number of aliphatic hydroxyl groups is 1. The lowest BCUT2D eigenvalue weighted by Crippen LogP contribution is -2.58. The molecule has 3 aliphatic heterocycles. The van der Waals surface area contributed by atoms with E-state index in [2.05, 4.69) is 22.5 Å². The van der Waals surface area contributed by atoms with E-state index in [-0.39, 0.29) is 41.6 Å². The van der Waals surface area contributed by atoms with Gasteiger partial charge in [0.2, 0.25) is 5.91 Å². The molecule has 2 amide bonds. The number of fused-ring (bicyclic) bond motifs is 1. The first-order valence-corrected chi connectivity index (χ1v) is 14.1. The number of esters is 1. The van der Waals surface area contributed by atoms with Crippen molar-refractivity contribution >= 4 is 51.2 Å². The third kappa shape index (κ3) is 4.15. The Kier molecular flexibility index (Phi) is 8.07. The van der Waals surface area contributed by atoms with Crippen LogP contribution in [0.15, 0.2) is 36.9 Å². The summed E-state index contributed by atoms with van der Waals surface area (Å²) in [5.41, 5.74) is 0.653. The molecule has 8 nitrogen and oxygen atoms in total. The van der Waals surface area contributed by atoms with E-state index < -0.39 is 34.6 Å². The molecule has 10 heteroatoms. The number of rotatable bonds is 10. The van der Waals surface area contributed by atoms with E-state index >= 15 is 0 Å². The Morgan fingerprint density at radius 1 is 1.36 bits per heavy atom. The highest BCUT2D eigenvalue weighted by molar-refractivity contribution is 9.09. The number of nitrogens with zero attached hydrogens (tertiary/aromatic N) is 2. The summed E-state index contributed by atoms with van der Waals surface area (Å²) in [4.78, 5) is 44.7. The van der Waals surface area contributed by atoms with Gasteiger partial charge in [-0.2, -0.15) is 0 Å². The van der Waals surface area contributed by atoms with Crippen LogP contribution in [0, 0.1) is 11.8 Å². The van der Waals surface area contributed by atoms with Crippen LogP contribution in [0.25, 0.3) is 0 Å². The molecule has 7 atom stereocenters. The molecule has 3 saturated heterocycles. The first-order valence-electron chi connectivity index (χ1n) is 12.3. The Morgan fingerprint density at radius 2 is 2.06 bits per heavy atom. The van der Waals surface area contributed by atoms with E-state index in [9.17, 15) is 19.5 Å². The van der Waals surface area contributed by atoms with Crippen molar-refractivity contribution < 1.29 is 29.0 Å². The molecule has 1 aromatic rings. The number of carbonyl (C=O) groups excluding carboxylic acids is 3. The molecule has 3 fully saturated rings. The van der Waals surface area contributed by atoms with E-state index in [0.29, 0.717) is 24.3 Å². The van der Waals surface area contributed by atoms with E-state index in [4.69, 9.17) is 9.47 Å². The predicted molar refractivity (Wildman–Crippen MR) is 142 cm³/mol. The van der Waals surface area contributed by atoms with Crippen molar-refractivity contribution in [3.63, 3.8) is 0 Å². The average molecular weight is 582 g/mol. The Morgan fingerprint density at radius 3 is 2.61 bits per heavy atom. The van der Waals surface area contributed by atoms with Gasteiger partial charge in [0.05, 0.1) is 42.9 Å². The fraction of sp³-hybridized carbons (Fsp3) is 0.577. The van der Waals surface area contributed by atoms with E-state index in [0.717, 1.165) is 0 Å². The Bertz CT molecular complexity index is 1020. The van der Waals surface area contributed by atoms with Gasteiger partial charge in [0, 0.05) is 22.3 Å². The van der Waals surface area contributed by atoms with Crippen LogP contribution < -0.4 is 9.64 Å². The second-order valence-electron chi connectivity index (χ2n) is 9.34. The van der Waals surface area contributed by atoms with Gasteiger partial charge in [0.1, 0.15) is 11.8 Å². The molecule has 36 heavy (non-hydrogen) atoms. The maximum atomic E-state index is 14.4. The zero-order valence-electron chi connectivity index (χ0n) is 20.8. The van der Waals surface area contributed by atoms with Crippen LogP contribution in [-0.2, 0) is 19.1 Å². The SMILES string of the molecule is C=CCN(C(=O)C1N([C@@H](CC)CO)C(=O)[C@@H]2[C@@H](C(=O)OCC)[C@@H]3SC12CC3Br)c1ccc(OC)cc1. The number of hydrogen-bond acceptors (Lipinski definition) is 7. The molecule has 1 N–H and O–H groups in total. The molecule has 2 bridgehead atoms. The molecule has 0 saturated carbocycles. The highest BCUT2D eigenvalue weighted by Gasteiger charge is 2.76. The smallest absolute Gasteiger partial charge is 0.310 e. The van der Waals surface area contributed by atoms with Crippen molar-refractivity contribution in [3.8, 4) is 5.75 Å². The van der Waals surface area contributed by atoms with Crippen LogP contribution in [-0.4, -0.2) is 81.6 Å². The average Bonchev–Trinajstić information content (AvgIpc) is 3.47. The van der Waals surface area contributed by atoms with E-state index in [1.54, 1.807) is 65.9 Å². The van der Waals surface area contributed by atoms with Crippen LogP contribution in [0.2, 0.25) is 0 Å². The molecule has 196 valence electrons. The van der Waals surface area contributed by atoms with Gasteiger partial charge < -0.3 is 24.4 Å². The Balaban J connectivity index is 1.82. The summed E-state index contributed by atoms with van der Waals surface area (Å²) >= 11 is 5.29. The van der Waals surface area contributed by atoms with Crippen LogP contribution in [0.5, 0.6) is 5.75 Å². The van der Waals surface area contributed by atoms with E-state index in [1.807, 2.05) is 6.92 Å². The molecule has 0 aromatic heterocycles. The number of amides is 2. The number of thioether (sulfide) groups is 1. The van der Waals surface area contributed by atoms with Gasteiger partial charge in [-0.15, -0.1) is 18.3 Å². The van der Waals surface area contributed by atoms with Crippen molar-refractivity contribution in [2.45, 2.75) is 53.6 Å². The van der Waals surface area contributed by atoms with Crippen LogP contribution in [0.4, 0.5) is 5.69 Å². The number of likely N-dealkylation sites (tertiary alicyclic amines) is 1. The largest absolute Gasteiger partial charge is 0.497 e. The molecular weight excluding hydrogens is 548 g/mol. The maximum absolute atomic E-state index is 14.4. The number of ether oxygens (including phenoxy) is 2. The molecule has 3 aliphatic rings. The molecule has 4 rings (SSSR count). The highest BCUT2D eigenvalue weighted by atomic mass is 79.9.